The third-order valence-corrected chi connectivity index (χ3v) is 7.32. The van der Waals surface area contributed by atoms with Crippen molar-refractivity contribution in [3.8, 4) is 0 Å². The summed E-state index contributed by atoms with van der Waals surface area (Å²) in [6.07, 6.45) is 4.93. The van der Waals surface area contributed by atoms with E-state index in [1.807, 2.05) is 60.7 Å². The summed E-state index contributed by atoms with van der Waals surface area (Å²) in [6.45, 7) is -0.199. The summed E-state index contributed by atoms with van der Waals surface area (Å²) in [6, 6.07) is 18.3. The van der Waals surface area contributed by atoms with E-state index in [2.05, 4.69) is 4.98 Å². The van der Waals surface area contributed by atoms with Crippen LogP contribution in [0.2, 0.25) is 0 Å². The van der Waals surface area contributed by atoms with E-state index in [1.54, 1.807) is 12.3 Å². The molecule has 1 aliphatic heterocycles. The van der Waals surface area contributed by atoms with E-state index in [-0.39, 0.29) is 18.1 Å². The van der Waals surface area contributed by atoms with Crippen LogP contribution >= 0.6 is 0 Å². The lowest BCUT2D eigenvalue weighted by Gasteiger charge is -2.28. The largest absolute Gasteiger partial charge is 0.452 e. The standard InChI is InChI=1S/C25H24N2O5S/c28-23(27(16-19-6-2-1-3-7-19)22-13-15-33(30,31)18-22)17-32-24(29)12-11-21-9-4-8-20-10-5-14-26-25(20)21/h1-12,14,22H,13,15-18H2. The first-order valence-corrected chi connectivity index (χ1v) is 12.5. The van der Waals surface area contributed by atoms with E-state index in [9.17, 15) is 18.0 Å². The number of carbonyl (C=O) groups excluding carboxylic acids is 2. The Bertz CT molecular complexity index is 1280. The molecule has 7 nitrogen and oxygen atoms in total. The van der Waals surface area contributed by atoms with Crippen molar-refractivity contribution in [1.29, 1.82) is 0 Å². The Hall–Kier alpha value is -3.52. The Balaban J connectivity index is 1.42. The molecule has 0 saturated carbocycles. The molecule has 0 bridgehead atoms. The maximum Gasteiger partial charge on any atom is 0.331 e. The van der Waals surface area contributed by atoms with E-state index < -0.39 is 34.4 Å². The third kappa shape index (κ3) is 5.84. The van der Waals surface area contributed by atoms with Gasteiger partial charge in [-0.1, -0.05) is 54.6 Å². The molecule has 2 heterocycles. The number of fused-ring (bicyclic) bond motifs is 1. The van der Waals surface area contributed by atoms with E-state index in [1.165, 1.54) is 11.0 Å². The number of hydrogen-bond donors (Lipinski definition) is 0. The highest BCUT2D eigenvalue weighted by atomic mass is 32.2. The average molecular weight is 465 g/mol. The predicted octanol–water partition coefficient (Wildman–Crippen LogP) is 3.01. The lowest BCUT2D eigenvalue weighted by molar-refractivity contribution is -0.149. The number of esters is 1. The number of sulfone groups is 1. The highest BCUT2D eigenvalue weighted by Crippen LogP contribution is 2.21. The van der Waals surface area contributed by atoms with Gasteiger partial charge in [0.2, 0.25) is 0 Å². The van der Waals surface area contributed by atoms with E-state index in [0.717, 1.165) is 22.0 Å². The molecule has 1 aliphatic rings. The molecule has 1 amide bonds. The quantitative estimate of drug-likeness (QED) is 0.394. The fourth-order valence-corrected chi connectivity index (χ4v) is 5.64. The van der Waals surface area contributed by atoms with Crippen LogP contribution in [0.1, 0.15) is 17.5 Å². The highest BCUT2D eigenvalue weighted by molar-refractivity contribution is 7.91. The van der Waals surface area contributed by atoms with Crippen LogP contribution in [-0.4, -0.2) is 54.3 Å². The fraction of sp³-hybridized carbons (Fsp3) is 0.240. The topological polar surface area (TPSA) is 93.6 Å². The van der Waals surface area contributed by atoms with Gasteiger partial charge in [-0.25, -0.2) is 13.2 Å². The molecule has 0 radical (unpaired) electrons. The number of rotatable bonds is 7. The van der Waals surface area contributed by atoms with E-state index in [0.29, 0.717) is 6.42 Å². The Labute approximate surface area is 192 Å². The minimum absolute atomic E-state index is 0.0534. The molecule has 0 spiro atoms. The van der Waals surface area contributed by atoms with Crippen molar-refractivity contribution in [3.05, 3.63) is 84.1 Å². The summed E-state index contributed by atoms with van der Waals surface area (Å²) in [5.74, 6) is -1.10. The molecule has 170 valence electrons. The zero-order chi connectivity index (χ0) is 23.3. The predicted molar refractivity (Wildman–Crippen MR) is 126 cm³/mol. The molecule has 1 aromatic heterocycles. The zero-order valence-corrected chi connectivity index (χ0v) is 18.8. The summed E-state index contributed by atoms with van der Waals surface area (Å²) in [4.78, 5) is 31.0. The minimum Gasteiger partial charge on any atom is -0.452 e. The van der Waals surface area contributed by atoms with Gasteiger partial charge in [0.15, 0.2) is 16.4 Å². The van der Waals surface area contributed by atoms with Gasteiger partial charge in [-0.15, -0.1) is 0 Å². The number of amides is 1. The molecule has 1 saturated heterocycles. The summed E-state index contributed by atoms with van der Waals surface area (Å²) < 4.78 is 29.1. The first kappa shape index (κ1) is 22.7. The zero-order valence-electron chi connectivity index (χ0n) is 18.0. The number of aromatic nitrogens is 1. The molecule has 3 aromatic rings. The molecule has 1 fully saturated rings. The van der Waals surface area contributed by atoms with Crippen LogP contribution in [0.25, 0.3) is 17.0 Å². The van der Waals surface area contributed by atoms with Crippen LogP contribution in [0.4, 0.5) is 0 Å². The van der Waals surface area contributed by atoms with Crippen molar-refractivity contribution in [2.45, 2.75) is 19.0 Å². The summed E-state index contributed by atoms with van der Waals surface area (Å²) in [5.41, 5.74) is 2.40. The van der Waals surface area contributed by atoms with Crippen molar-refractivity contribution >= 4 is 38.7 Å². The van der Waals surface area contributed by atoms with E-state index >= 15 is 0 Å². The maximum absolute atomic E-state index is 12.9. The Morgan fingerprint density at radius 1 is 1.06 bits per heavy atom. The van der Waals surface area contributed by atoms with Gasteiger partial charge in [0.1, 0.15) is 0 Å². The first-order chi connectivity index (χ1) is 15.9. The van der Waals surface area contributed by atoms with Crippen molar-refractivity contribution < 1.29 is 22.7 Å². The Morgan fingerprint density at radius 3 is 2.61 bits per heavy atom. The van der Waals surface area contributed by atoms with Gasteiger partial charge in [0.05, 0.1) is 17.0 Å². The molecule has 1 atom stereocenters. The molecule has 1 unspecified atom stereocenters. The third-order valence-electron chi connectivity index (χ3n) is 5.57. The van der Waals surface area contributed by atoms with Crippen molar-refractivity contribution in [3.63, 3.8) is 0 Å². The monoisotopic (exact) mass is 464 g/mol. The number of ether oxygens (including phenoxy) is 1. The minimum atomic E-state index is -3.17. The van der Waals surface area contributed by atoms with Gasteiger partial charge in [0, 0.05) is 35.8 Å². The van der Waals surface area contributed by atoms with Crippen LogP contribution in [0.5, 0.6) is 0 Å². The van der Waals surface area contributed by atoms with Gasteiger partial charge in [-0.2, -0.15) is 0 Å². The lowest BCUT2D eigenvalue weighted by atomic mass is 10.1. The van der Waals surface area contributed by atoms with Gasteiger partial charge in [-0.05, 0) is 24.1 Å². The summed E-state index contributed by atoms with van der Waals surface area (Å²) in [7, 11) is -3.17. The van der Waals surface area contributed by atoms with E-state index in [4.69, 9.17) is 4.74 Å². The Kier molecular flexibility index (Phi) is 6.84. The number of para-hydroxylation sites is 1. The number of benzene rings is 2. The van der Waals surface area contributed by atoms with Gasteiger partial charge in [0.25, 0.3) is 5.91 Å². The number of pyridine rings is 1. The summed E-state index contributed by atoms with van der Waals surface area (Å²) in [5, 5.41) is 0.950. The summed E-state index contributed by atoms with van der Waals surface area (Å²) >= 11 is 0. The molecule has 33 heavy (non-hydrogen) atoms. The van der Waals surface area contributed by atoms with Crippen molar-refractivity contribution in [1.82, 2.24) is 9.88 Å². The smallest absolute Gasteiger partial charge is 0.331 e. The molecular weight excluding hydrogens is 440 g/mol. The Morgan fingerprint density at radius 2 is 1.85 bits per heavy atom. The molecule has 2 aromatic carbocycles. The molecular formula is C25H24N2O5S. The van der Waals surface area contributed by atoms with Crippen LogP contribution in [0.15, 0.2) is 72.9 Å². The SMILES string of the molecule is O=C(C=Cc1cccc2cccnc12)OCC(=O)N(Cc1ccccc1)C1CCS(=O)(=O)C1. The lowest BCUT2D eigenvalue weighted by Crippen LogP contribution is -2.42. The van der Waals surface area contributed by atoms with Crippen LogP contribution in [-0.2, 0) is 30.7 Å². The van der Waals surface area contributed by atoms with Gasteiger partial charge in [-0.3, -0.25) is 9.78 Å². The molecule has 0 aliphatic carbocycles. The molecule has 4 rings (SSSR count). The first-order valence-electron chi connectivity index (χ1n) is 10.6. The second kappa shape index (κ2) is 9.95. The fourth-order valence-electron chi connectivity index (χ4n) is 3.91. The van der Waals surface area contributed by atoms with Crippen LogP contribution < -0.4 is 0 Å². The molecule has 8 heteroatoms. The normalized spacial score (nSPS) is 17.3. The number of nitrogens with zero attached hydrogens (tertiary/aromatic N) is 2. The van der Waals surface area contributed by atoms with Crippen LogP contribution in [0.3, 0.4) is 0 Å². The number of carbonyl (C=O) groups is 2. The maximum atomic E-state index is 12.9. The van der Waals surface area contributed by atoms with Crippen molar-refractivity contribution in [2.24, 2.45) is 0 Å². The van der Waals surface area contributed by atoms with Gasteiger partial charge >= 0.3 is 5.97 Å². The number of hydrogen-bond acceptors (Lipinski definition) is 6. The highest BCUT2D eigenvalue weighted by Gasteiger charge is 2.34. The van der Waals surface area contributed by atoms with Gasteiger partial charge < -0.3 is 9.64 Å². The second-order valence-corrected chi connectivity index (χ2v) is 10.2. The van der Waals surface area contributed by atoms with Crippen molar-refractivity contribution in [2.75, 3.05) is 18.1 Å². The second-order valence-electron chi connectivity index (χ2n) is 7.93. The molecule has 0 N–H and O–H groups in total. The average Bonchev–Trinajstić information content (AvgIpc) is 3.19. The van der Waals surface area contributed by atoms with Crippen LogP contribution in [0, 0.1) is 0 Å².